The third-order valence-corrected chi connectivity index (χ3v) is 1.90. The first-order chi connectivity index (χ1) is 5.67. The zero-order valence-corrected chi connectivity index (χ0v) is 6.40. The Bertz CT molecular complexity index is 216. The van der Waals surface area contributed by atoms with Crippen molar-refractivity contribution in [2.45, 2.75) is 31.3 Å². The summed E-state index contributed by atoms with van der Waals surface area (Å²) in [5, 5.41) is 8.70. The van der Waals surface area contributed by atoms with Crippen LogP contribution in [0.4, 0.5) is 0 Å². The Hall–Kier alpha value is -0.690. The monoisotopic (exact) mass is 176 g/mol. The molecule has 68 valence electrons. The second kappa shape index (κ2) is 2.17. The van der Waals surface area contributed by atoms with E-state index in [0.29, 0.717) is 6.42 Å². The molecule has 2 aliphatic rings. The molecule has 0 aromatic rings. The first kappa shape index (κ1) is 7.93. The van der Waals surface area contributed by atoms with Gasteiger partial charge in [-0.3, -0.25) is 0 Å². The van der Waals surface area contributed by atoms with E-state index in [2.05, 4.69) is 19.6 Å². The van der Waals surface area contributed by atoms with Gasteiger partial charge in [0.05, 0.1) is 0 Å². The van der Waals surface area contributed by atoms with E-state index >= 15 is 0 Å². The highest BCUT2D eigenvalue weighted by Gasteiger charge is 2.82. The largest absolute Gasteiger partial charge is 0.477 e. The molecule has 0 amide bonds. The minimum Gasteiger partial charge on any atom is -0.477 e. The number of carboxylic acids is 1. The Morgan fingerprint density at radius 1 is 1.33 bits per heavy atom. The van der Waals surface area contributed by atoms with Crippen LogP contribution in [0, 0.1) is 0 Å². The van der Waals surface area contributed by atoms with Gasteiger partial charge in [-0.2, -0.15) is 19.6 Å². The molecule has 12 heavy (non-hydrogen) atoms. The molecule has 0 saturated carbocycles. The van der Waals surface area contributed by atoms with Crippen molar-refractivity contribution in [1.29, 1.82) is 0 Å². The van der Waals surface area contributed by atoms with Gasteiger partial charge >= 0.3 is 17.5 Å². The Morgan fingerprint density at radius 2 is 1.92 bits per heavy atom. The average Bonchev–Trinajstić information content (AvgIpc) is 2.82. The maximum atomic E-state index is 10.6. The topological polar surface area (TPSA) is 87.4 Å². The molecular weight excluding hydrogens is 168 g/mol. The molecule has 0 bridgehead atoms. The average molecular weight is 176 g/mol. The fraction of sp³-hybridized carbons (Fsp3) is 0.833. The van der Waals surface area contributed by atoms with E-state index in [-0.39, 0.29) is 0 Å². The van der Waals surface area contributed by atoms with Crippen molar-refractivity contribution in [3.63, 3.8) is 0 Å². The van der Waals surface area contributed by atoms with E-state index in [0.717, 1.165) is 6.42 Å². The quantitative estimate of drug-likeness (QED) is 0.485. The van der Waals surface area contributed by atoms with Crippen molar-refractivity contribution in [2.24, 2.45) is 0 Å². The van der Waals surface area contributed by atoms with Crippen LogP contribution in [0.5, 0.6) is 0 Å². The third-order valence-electron chi connectivity index (χ3n) is 1.90. The first-order valence-electron chi connectivity index (χ1n) is 3.64. The highest BCUT2D eigenvalue weighted by atomic mass is 17.5. The van der Waals surface area contributed by atoms with E-state index in [1.165, 1.54) is 0 Å². The summed E-state index contributed by atoms with van der Waals surface area (Å²) in [7, 11) is 0. The van der Waals surface area contributed by atoms with Crippen LogP contribution in [-0.2, 0) is 24.3 Å². The van der Waals surface area contributed by atoms with E-state index in [4.69, 9.17) is 5.11 Å². The van der Waals surface area contributed by atoms with Gasteiger partial charge in [-0.25, -0.2) is 4.79 Å². The molecule has 2 rings (SSSR count). The molecular formula is C6H8O6. The van der Waals surface area contributed by atoms with Crippen LogP contribution >= 0.6 is 0 Å². The summed E-state index contributed by atoms with van der Waals surface area (Å²) in [4.78, 5) is 28.6. The zero-order chi connectivity index (χ0) is 8.82. The van der Waals surface area contributed by atoms with Crippen LogP contribution in [0.25, 0.3) is 0 Å². The maximum Gasteiger partial charge on any atom is 0.386 e. The van der Waals surface area contributed by atoms with Gasteiger partial charge in [0.15, 0.2) is 0 Å². The molecule has 6 heteroatoms. The predicted octanol–water partition coefficient (Wildman–Crippen LogP) is 0.187. The molecule has 1 N–H and O–H groups in total. The minimum absolute atomic E-state index is 0.430. The van der Waals surface area contributed by atoms with Gasteiger partial charge in [0.25, 0.3) is 0 Å². The number of rotatable bonds is 4. The van der Waals surface area contributed by atoms with Crippen molar-refractivity contribution >= 4 is 5.97 Å². The Kier molecular flexibility index (Phi) is 1.43. The SMILES string of the molecule is CCCC1(C2(C(=O)O)OO2)OO1. The summed E-state index contributed by atoms with van der Waals surface area (Å²) in [6.45, 7) is 1.88. The minimum atomic E-state index is -1.72. The third kappa shape index (κ3) is 0.802. The molecule has 2 aliphatic heterocycles. The normalized spacial score (nSPS) is 28.1. The molecule has 0 spiro atoms. The molecule has 0 radical (unpaired) electrons. The number of carboxylic acid groups (broad SMARTS) is 1. The Balaban J connectivity index is 2.13. The summed E-state index contributed by atoms with van der Waals surface area (Å²) in [6, 6.07) is 0. The van der Waals surface area contributed by atoms with Gasteiger partial charge < -0.3 is 5.11 Å². The van der Waals surface area contributed by atoms with Crippen LogP contribution in [0.3, 0.4) is 0 Å². The van der Waals surface area contributed by atoms with Crippen molar-refractivity contribution in [3.8, 4) is 0 Å². The van der Waals surface area contributed by atoms with Gasteiger partial charge in [-0.05, 0) is 0 Å². The van der Waals surface area contributed by atoms with E-state index < -0.39 is 17.5 Å². The lowest BCUT2D eigenvalue weighted by Crippen LogP contribution is -2.40. The van der Waals surface area contributed by atoms with Gasteiger partial charge in [-0.15, -0.1) is 0 Å². The second-order valence-electron chi connectivity index (χ2n) is 2.76. The molecule has 0 aromatic carbocycles. The van der Waals surface area contributed by atoms with Crippen LogP contribution in [-0.4, -0.2) is 22.7 Å². The standard InChI is InChI=1S/C6H8O6/c1-2-3-5(9-10-5)6(4(7)8)11-12-6/h2-3H2,1H3,(H,7,8). The lowest BCUT2D eigenvalue weighted by molar-refractivity contribution is -0.148. The smallest absolute Gasteiger partial charge is 0.386 e. The fourth-order valence-corrected chi connectivity index (χ4v) is 1.14. The molecule has 0 aliphatic carbocycles. The summed E-state index contributed by atoms with van der Waals surface area (Å²) >= 11 is 0. The van der Waals surface area contributed by atoms with Crippen molar-refractivity contribution in [2.75, 3.05) is 0 Å². The fourth-order valence-electron chi connectivity index (χ4n) is 1.14. The maximum absolute atomic E-state index is 10.6. The number of carbonyl (C=O) groups is 1. The molecule has 2 fully saturated rings. The molecule has 2 heterocycles. The van der Waals surface area contributed by atoms with Crippen LogP contribution in [0.2, 0.25) is 0 Å². The second-order valence-corrected chi connectivity index (χ2v) is 2.76. The lowest BCUT2D eigenvalue weighted by atomic mass is 10.0. The van der Waals surface area contributed by atoms with Crippen LogP contribution in [0.1, 0.15) is 19.8 Å². The van der Waals surface area contributed by atoms with E-state index in [9.17, 15) is 4.79 Å². The highest BCUT2D eigenvalue weighted by molar-refractivity contribution is 5.78. The Labute approximate surface area is 67.8 Å². The van der Waals surface area contributed by atoms with Crippen molar-refractivity contribution < 1.29 is 29.5 Å². The van der Waals surface area contributed by atoms with Gasteiger partial charge in [-0.1, -0.05) is 13.3 Å². The number of aliphatic carboxylic acids is 1. The molecule has 0 unspecified atom stereocenters. The number of hydrogen-bond donors (Lipinski definition) is 1. The predicted molar refractivity (Wildman–Crippen MR) is 32.3 cm³/mol. The first-order valence-corrected chi connectivity index (χ1v) is 3.64. The van der Waals surface area contributed by atoms with Crippen molar-refractivity contribution in [3.05, 3.63) is 0 Å². The van der Waals surface area contributed by atoms with E-state index in [1.54, 1.807) is 0 Å². The van der Waals surface area contributed by atoms with Crippen LogP contribution < -0.4 is 0 Å². The summed E-state index contributed by atoms with van der Waals surface area (Å²) in [5.74, 6) is -4.16. The zero-order valence-electron chi connectivity index (χ0n) is 6.40. The molecule has 0 atom stereocenters. The Morgan fingerprint density at radius 3 is 2.17 bits per heavy atom. The van der Waals surface area contributed by atoms with Gasteiger partial charge in [0.2, 0.25) is 0 Å². The highest BCUT2D eigenvalue weighted by Crippen LogP contribution is 2.54. The van der Waals surface area contributed by atoms with E-state index in [1.807, 2.05) is 6.92 Å². The van der Waals surface area contributed by atoms with Crippen LogP contribution in [0.15, 0.2) is 0 Å². The lowest BCUT2D eigenvalue weighted by Gasteiger charge is -2.05. The molecule has 0 aromatic heterocycles. The summed E-state index contributed by atoms with van der Waals surface area (Å²) in [5.41, 5.74) is 0. The summed E-state index contributed by atoms with van der Waals surface area (Å²) < 4.78 is 0. The molecule has 2 saturated heterocycles. The summed E-state index contributed by atoms with van der Waals surface area (Å²) in [6.07, 6.45) is 1.15. The van der Waals surface area contributed by atoms with Gasteiger partial charge in [0.1, 0.15) is 0 Å². The van der Waals surface area contributed by atoms with Crippen molar-refractivity contribution in [1.82, 2.24) is 0 Å². The molecule has 6 nitrogen and oxygen atoms in total. The number of hydrogen-bond acceptors (Lipinski definition) is 5. The van der Waals surface area contributed by atoms with Gasteiger partial charge in [0, 0.05) is 6.42 Å².